The number of benzene rings is 2. The number of anilines is 1. The van der Waals surface area contributed by atoms with Crippen molar-refractivity contribution in [3.63, 3.8) is 0 Å². The van der Waals surface area contributed by atoms with Gasteiger partial charge in [0.1, 0.15) is 5.75 Å². The molecule has 1 atom stereocenters. The lowest BCUT2D eigenvalue weighted by molar-refractivity contribution is -0.125. The van der Waals surface area contributed by atoms with Crippen LogP contribution in [0.4, 0.5) is 5.69 Å². The molecular formula is C24H30N4O3. The number of nitriles is 1. The Morgan fingerprint density at radius 2 is 1.74 bits per heavy atom. The number of nitrogens with one attached hydrogen (secondary N) is 1. The summed E-state index contributed by atoms with van der Waals surface area (Å²) in [6, 6.07) is 19.0. The molecule has 1 unspecified atom stereocenters. The zero-order valence-corrected chi connectivity index (χ0v) is 18.4. The van der Waals surface area contributed by atoms with Crippen LogP contribution in [-0.4, -0.2) is 51.0 Å². The first-order valence-corrected chi connectivity index (χ1v) is 10.3. The molecule has 0 spiro atoms. The molecule has 0 aliphatic carbocycles. The third kappa shape index (κ3) is 7.43. The van der Waals surface area contributed by atoms with Gasteiger partial charge in [-0.2, -0.15) is 5.26 Å². The summed E-state index contributed by atoms with van der Waals surface area (Å²) in [6.45, 7) is 0.740. The van der Waals surface area contributed by atoms with Crippen molar-refractivity contribution in [3.05, 3.63) is 60.2 Å². The number of hydrogen-bond donors (Lipinski definition) is 1. The molecule has 2 rings (SSSR count). The van der Waals surface area contributed by atoms with E-state index in [9.17, 15) is 9.59 Å². The van der Waals surface area contributed by atoms with E-state index in [1.54, 1.807) is 12.0 Å². The molecule has 31 heavy (non-hydrogen) atoms. The molecule has 1 N–H and O–H groups in total. The summed E-state index contributed by atoms with van der Waals surface area (Å²) in [5.74, 6) is 0.432. The quantitative estimate of drug-likeness (QED) is 0.601. The SMILES string of the molecule is COc1ccc(C(CNC(=O)CCC(=O)N(CCC#N)c2ccccc2)N(C)C)cc1. The Balaban J connectivity index is 1.91. The molecule has 0 saturated heterocycles. The van der Waals surface area contributed by atoms with Gasteiger partial charge in [0.05, 0.1) is 25.6 Å². The first kappa shape index (κ1) is 23.9. The van der Waals surface area contributed by atoms with Crippen molar-refractivity contribution in [2.24, 2.45) is 0 Å². The molecule has 0 heterocycles. The van der Waals surface area contributed by atoms with Crippen LogP contribution in [0.25, 0.3) is 0 Å². The number of para-hydroxylation sites is 1. The van der Waals surface area contributed by atoms with E-state index < -0.39 is 0 Å². The van der Waals surface area contributed by atoms with Gasteiger partial charge >= 0.3 is 0 Å². The van der Waals surface area contributed by atoms with Crippen LogP contribution in [0.3, 0.4) is 0 Å². The maximum Gasteiger partial charge on any atom is 0.227 e. The maximum absolute atomic E-state index is 12.7. The zero-order valence-electron chi connectivity index (χ0n) is 18.4. The van der Waals surface area contributed by atoms with E-state index in [4.69, 9.17) is 10.00 Å². The van der Waals surface area contributed by atoms with E-state index in [0.717, 1.165) is 17.0 Å². The lowest BCUT2D eigenvalue weighted by atomic mass is 10.1. The molecule has 2 aromatic carbocycles. The highest BCUT2D eigenvalue weighted by Crippen LogP contribution is 2.21. The van der Waals surface area contributed by atoms with Gasteiger partial charge in [0, 0.05) is 31.6 Å². The number of likely N-dealkylation sites (N-methyl/N-ethyl adjacent to an activating group) is 1. The van der Waals surface area contributed by atoms with Crippen molar-refractivity contribution >= 4 is 17.5 Å². The minimum Gasteiger partial charge on any atom is -0.497 e. The van der Waals surface area contributed by atoms with Crippen molar-refractivity contribution in [3.8, 4) is 11.8 Å². The number of amides is 2. The molecule has 7 nitrogen and oxygen atoms in total. The molecule has 0 aliphatic rings. The van der Waals surface area contributed by atoms with Gasteiger partial charge in [-0.1, -0.05) is 30.3 Å². The molecular weight excluding hydrogens is 392 g/mol. The lowest BCUT2D eigenvalue weighted by Gasteiger charge is -2.25. The van der Waals surface area contributed by atoms with Gasteiger partial charge in [-0.15, -0.1) is 0 Å². The molecule has 0 aliphatic heterocycles. The second-order valence-corrected chi connectivity index (χ2v) is 7.35. The van der Waals surface area contributed by atoms with Crippen LogP contribution in [-0.2, 0) is 9.59 Å². The summed E-state index contributed by atoms with van der Waals surface area (Å²) in [7, 11) is 5.54. The number of hydrogen-bond acceptors (Lipinski definition) is 5. The highest BCUT2D eigenvalue weighted by Gasteiger charge is 2.18. The third-order valence-electron chi connectivity index (χ3n) is 5.00. The monoisotopic (exact) mass is 422 g/mol. The average Bonchev–Trinajstić information content (AvgIpc) is 2.79. The number of rotatable bonds is 11. The molecule has 0 bridgehead atoms. The van der Waals surface area contributed by atoms with Crippen LogP contribution in [0.2, 0.25) is 0 Å². The van der Waals surface area contributed by atoms with Crippen LogP contribution in [0.15, 0.2) is 54.6 Å². The lowest BCUT2D eigenvalue weighted by Crippen LogP contribution is -2.36. The zero-order chi connectivity index (χ0) is 22.6. The smallest absolute Gasteiger partial charge is 0.227 e. The van der Waals surface area contributed by atoms with Crippen molar-refractivity contribution in [2.45, 2.75) is 25.3 Å². The van der Waals surface area contributed by atoms with Crippen LogP contribution in [0.5, 0.6) is 5.75 Å². The Kier molecular flexibility index (Phi) is 9.53. The fourth-order valence-corrected chi connectivity index (χ4v) is 3.25. The fraction of sp³-hybridized carbons (Fsp3) is 0.375. The summed E-state index contributed by atoms with van der Waals surface area (Å²) in [6.07, 6.45) is 0.415. The fourth-order valence-electron chi connectivity index (χ4n) is 3.25. The number of carbonyl (C=O) groups is 2. The molecule has 0 fully saturated rings. The van der Waals surface area contributed by atoms with Gasteiger partial charge in [0.25, 0.3) is 0 Å². The molecule has 7 heteroatoms. The average molecular weight is 423 g/mol. The minimum atomic E-state index is -0.179. The van der Waals surface area contributed by atoms with Crippen LogP contribution < -0.4 is 15.0 Å². The second-order valence-electron chi connectivity index (χ2n) is 7.35. The Labute approximate surface area is 184 Å². The van der Waals surface area contributed by atoms with Gasteiger partial charge in [-0.3, -0.25) is 9.59 Å². The number of nitrogens with zero attached hydrogens (tertiary/aromatic N) is 3. The van der Waals surface area contributed by atoms with Gasteiger partial charge < -0.3 is 19.9 Å². The van der Waals surface area contributed by atoms with Crippen molar-refractivity contribution in [2.75, 3.05) is 39.2 Å². The molecule has 164 valence electrons. The highest BCUT2D eigenvalue weighted by molar-refractivity contribution is 5.95. The van der Waals surface area contributed by atoms with Crippen molar-refractivity contribution in [1.82, 2.24) is 10.2 Å². The van der Waals surface area contributed by atoms with E-state index in [2.05, 4.69) is 11.4 Å². The van der Waals surface area contributed by atoms with Gasteiger partial charge in [0.2, 0.25) is 11.8 Å². The molecule has 0 radical (unpaired) electrons. The number of carbonyl (C=O) groups excluding carboxylic acids is 2. The first-order chi connectivity index (χ1) is 15.0. The third-order valence-corrected chi connectivity index (χ3v) is 5.00. The van der Waals surface area contributed by atoms with E-state index in [1.165, 1.54) is 0 Å². The normalized spacial score (nSPS) is 11.5. The standard InChI is InChI=1S/C24H30N4O3/c1-27(2)22(19-10-12-21(31-3)13-11-19)18-26-23(29)14-15-24(30)28(17-7-16-25)20-8-5-4-6-9-20/h4-6,8-13,22H,7,14-15,17-18H2,1-3H3,(H,26,29). The molecule has 0 aromatic heterocycles. The van der Waals surface area contributed by atoms with Gasteiger partial charge in [0.15, 0.2) is 0 Å². The topological polar surface area (TPSA) is 85.7 Å². The Morgan fingerprint density at radius 3 is 2.32 bits per heavy atom. The van der Waals surface area contributed by atoms with Gasteiger partial charge in [-0.25, -0.2) is 0 Å². The van der Waals surface area contributed by atoms with Crippen LogP contribution in [0, 0.1) is 11.3 Å². The molecule has 2 aromatic rings. The molecule has 2 amide bonds. The Hall–Kier alpha value is -3.37. The van der Waals surface area contributed by atoms with Crippen molar-refractivity contribution < 1.29 is 14.3 Å². The number of ether oxygens (including phenoxy) is 1. The minimum absolute atomic E-state index is 0.00186. The summed E-state index contributed by atoms with van der Waals surface area (Å²) < 4.78 is 5.20. The van der Waals surface area contributed by atoms with Crippen LogP contribution >= 0.6 is 0 Å². The Morgan fingerprint density at radius 1 is 1.06 bits per heavy atom. The van der Waals surface area contributed by atoms with Crippen molar-refractivity contribution in [1.29, 1.82) is 5.26 Å². The number of methoxy groups -OCH3 is 1. The second kappa shape index (κ2) is 12.4. The predicted molar refractivity (Wildman–Crippen MR) is 121 cm³/mol. The summed E-state index contributed by atoms with van der Waals surface area (Å²) in [5, 5.41) is 11.8. The van der Waals surface area contributed by atoms with E-state index in [0.29, 0.717) is 13.1 Å². The van der Waals surface area contributed by atoms with E-state index in [-0.39, 0.29) is 37.1 Å². The Bertz CT molecular complexity index is 876. The van der Waals surface area contributed by atoms with E-state index in [1.807, 2.05) is 73.6 Å². The van der Waals surface area contributed by atoms with Gasteiger partial charge in [-0.05, 0) is 43.9 Å². The largest absolute Gasteiger partial charge is 0.497 e. The highest BCUT2D eigenvalue weighted by atomic mass is 16.5. The summed E-state index contributed by atoms with van der Waals surface area (Å²) >= 11 is 0. The predicted octanol–water partition coefficient (Wildman–Crippen LogP) is 3.14. The first-order valence-electron chi connectivity index (χ1n) is 10.3. The van der Waals surface area contributed by atoms with Crippen LogP contribution in [0.1, 0.15) is 30.9 Å². The summed E-state index contributed by atoms with van der Waals surface area (Å²) in [5.41, 5.74) is 1.80. The maximum atomic E-state index is 12.7. The van der Waals surface area contributed by atoms with E-state index >= 15 is 0 Å². The summed E-state index contributed by atoms with van der Waals surface area (Å²) in [4.78, 5) is 28.7. The molecule has 0 saturated carbocycles.